The molecule has 0 aliphatic heterocycles. The predicted molar refractivity (Wildman–Crippen MR) is 38.6 cm³/mol. The van der Waals surface area contributed by atoms with Crippen molar-refractivity contribution in [2.45, 2.75) is 13.3 Å². The summed E-state index contributed by atoms with van der Waals surface area (Å²) >= 11 is 5.61. The number of nitrogens with zero attached hydrogens (tertiary/aromatic N) is 1. The van der Waals surface area contributed by atoms with E-state index in [0.717, 1.165) is 11.5 Å². The molecule has 2 heteroatoms. The lowest BCUT2D eigenvalue weighted by Crippen LogP contribution is -1.68. The molecule has 0 radical (unpaired) electrons. The molecule has 0 aromatic carbocycles. The van der Waals surface area contributed by atoms with E-state index in [4.69, 9.17) is 11.6 Å². The number of aliphatic imine (C=N–C) groups is 1. The van der Waals surface area contributed by atoms with Crippen LogP contribution in [0.2, 0.25) is 0 Å². The van der Waals surface area contributed by atoms with Crippen LogP contribution in [0.5, 0.6) is 0 Å². The molecule has 0 spiro atoms. The van der Waals surface area contributed by atoms with Crippen molar-refractivity contribution in [1.82, 2.24) is 0 Å². The van der Waals surface area contributed by atoms with Gasteiger partial charge in [0.1, 0.15) is 0 Å². The van der Waals surface area contributed by atoms with E-state index >= 15 is 0 Å². The van der Waals surface area contributed by atoms with E-state index in [1.807, 2.05) is 6.92 Å². The minimum absolute atomic E-state index is 0.843. The molecule has 8 heavy (non-hydrogen) atoms. The van der Waals surface area contributed by atoms with Gasteiger partial charge in [0.2, 0.25) is 0 Å². The Morgan fingerprint density at radius 3 is 2.75 bits per heavy atom. The van der Waals surface area contributed by atoms with Crippen LogP contribution in [0, 0.1) is 0 Å². The van der Waals surface area contributed by atoms with Gasteiger partial charge in [0.05, 0.1) is 0 Å². The molecule has 0 aromatic rings. The number of allylic oxidation sites excluding steroid dienone is 2. The van der Waals surface area contributed by atoms with Crippen molar-refractivity contribution >= 4 is 17.8 Å². The fraction of sp³-hybridized carbons (Fsp3) is 0.500. The fourth-order valence-electron chi connectivity index (χ4n) is 0.273. The first kappa shape index (κ1) is 7.70. The second-order valence-corrected chi connectivity index (χ2v) is 1.86. The average molecular weight is 132 g/mol. The zero-order chi connectivity index (χ0) is 6.41. The standard InChI is InChI=1S/C6H10ClN/c1-3-6(7)4-5-8-2/h4-5H,3H2,1-2H3/b6-4+,8-5?. The summed E-state index contributed by atoms with van der Waals surface area (Å²) < 4.78 is 0. The van der Waals surface area contributed by atoms with Gasteiger partial charge in [-0.15, -0.1) is 0 Å². The van der Waals surface area contributed by atoms with Crippen LogP contribution >= 0.6 is 11.6 Å². The van der Waals surface area contributed by atoms with Gasteiger partial charge in [0.25, 0.3) is 0 Å². The first-order valence-corrected chi connectivity index (χ1v) is 2.96. The lowest BCUT2D eigenvalue weighted by atomic mass is 10.4. The first-order valence-electron chi connectivity index (χ1n) is 2.58. The Bertz CT molecular complexity index is 105. The van der Waals surface area contributed by atoms with Crippen LogP contribution in [-0.4, -0.2) is 13.3 Å². The predicted octanol–water partition coefficient (Wildman–Crippen LogP) is 2.22. The van der Waals surface area contributed by atoms with E-state index in [1.54, 1.807) is 19.3 Å². The molecule has 0 aromatic heterocycles. The van der Waals surface area contributed by atoms with Gasteiger partial charge in [-0.05, 0) is 12.5 Å². The van der Waals surface area contributed by atoms with Crippen LogP contribution in [0.1, 0.15) is 13.3 Å². The van der Waals surface area contributed by atoms with Gasteiger partial charge in [0, 0.05) is 18.3 Å². The Labute approximate surface area is 55.1 Å². The van der Waals surface area contributed by atoms with Gasteiger partial charge in [-0.1, -0.05) is 18.5 Å². The number of hydrogen-bond acceptors (Lipinski definition) is 1. The van der Waals surface area contributed by atoms with E-state index in [-0.39, 0.29) is 0 Å². The maximum absolute atomic E-state index is 5.61. The summed E-state index contributed by atoms with van der Waals surface area (Å²) in [6.07, 6.45) is 4.36. The molecule has 0 amide bonds. The lowest BCUT2D eigenvalue weighted by Gasteiger charge is -1.83. The Balaban J connectivity index is 3.57. The smallest absolute Gasteiger partial charge is 0.0277 e. The lowest BCUT2D eigenvalue weighted by molar-refractivity contribution is 1.20. The Morgan fingerprint density at radius 1 is 1.75 bits per heavy atom. The molecule has 0 rings (SSSR count). The van der Waals surface area contributed by atoms with Gasteiger partial charge >= 0.3 is 0 Å². The van der Waals surface area contributed by atoms with Gasteiger partial charge in [-0.25, -0.2) is 0 Å². The van der Waals surface area contributed by atoms with E-state index in [2.05, 4.69) is 4.99 Å². The molecule has 0 bridgehead atoms. The van der Waals surface area contributed by atoms with E-state index < -0.39 is 0 Å². The summed E-state index contributed by atoms with van der Waals surface area (Å²) in [6.45, 7) is 2.00. The summed E-state index contributed by atoms with van der Waals surface area (Å²) in [6, 6.07) is 0. The summed E-state index contributed by atoms with van der Waals surface area (Å²) in [5, 5.41) is 0.843. The second-order valence-electron chi connectivity index (χ2n) is 1.37. The maximum Gasteiger partial charge on any atom is 0.0277 e. The molecule has 0 unspecified atom stereocenters. The molecule has 0 saturated heterocycles. The van der Waals surface area contributed by atoms with Crippen LogP contribution in [0.25, 0.3) is 0 Å². The Morgan fingerprint density at radius 2 is 2.38 bits per heavy atom. The SMILES string of the molecule is CC/C(Cl)=C\C=NC. The fourth-order valence-corrected chi connectivity index (χ4v) is 0.330. The number of hydrogen-bond donors (Lipinski definition) is 0. The minimum atomic E-state index is 0.843. The highest BCUT2D eigenvalue weighted by atomic mass is 35.5. The summed E-state index contributed by atoms with van der Waals surface area (Å²) in [5.41, 5.74) is 0. The Hall–Kier alpha value is -0.300. The van der Waals surface area contributed by atoms with Crippen molar-refractivity contribution in [1.29, 1.82) is 0 Å². The van der Waals surface area contributed by atoms with Crippen LogP contribution in [-0.2, 0) is 0 Å². The van der Waals surface area contributed by atoms with Gasteiger partial charge < -0.3 is 0 Å². The summed E-state index contributed by atoms with van der Waals surface area (Å²) in [7, 11) is 1.72. The summed E-state index contributed by atoms with van der Waals surface area (Å²) in [5.74, 6) is 0. The van der Waals surface area contributed by atoms with Crippen molar-refractivity contribution in [3.8, 4) is 0 Å². The monoisotopic (exact) mass is 131 g/mol. The van der Waals surface area contributed by atoms with Gasteiger partial charge in [-0.3, -0.25) is 4.99 Å². The third-order valence-electron chi connectivity index (χ3n) is 0.742. The first-order chi connectivity index (χ1) is 3.81. The van der Waals surface area contributed by atoms with Crippen LogP contribution in [0.4, 0.5) is 0 Å². The molecule has 0 N–H and O–H groups in total. The average Bonchev–Trinajstić information content (AvgIpc) is 1.83. The minimum Gasteiger partial charge on any atom is -0.296 e. The molecular weight excluding hydrogens is 122 g/mol. The highest BCUT2D eigenvalue weighted by molar-refractivity contribution is 6.30. The van der Waals surface area contributed by atoms with Crippen molar-refractivity contribution in [2.24, 2.45) is 4.99 Å². The summed E-state index contributed by atoms with van der Waals surface area (Å²) in [4.78, 5) is 3.74. The molecular formula is C6H10ClN. The molecule has 46 valence electrons. The van der Waals surface area contributed by atoms with E-state index in [1.165, 1.54) is 0 Å². The van der Waals surface area contributed by atoms with Gasteiger partial charge in [-0.2, -0.15) is 0 Å². The molecule has 1 nitrogen and oxygen atoms in total. The van der Waals surface area contributed by atoms with Crippen LogP contribution in [0.3, 0.4) is 0 Å². The van der Waals surface area contributed by atoms with Crippen molar-refractivity contribution < 1.29 is 0 Å². The van der Waals surface area contributed by atoms with Crippen LogP contribution in [0.15, 0.2) is 16.1 Å². The van der Waals surface area contributed by atoms with E-state index in [9.17, 15) is 0 Å². The molecule has 0 aliphatic carbocycles. The normalized spacial score (nSPS) is 13.1. The van der Waals surface area contributed by atoms with Crippen molar-refractivity contribution in [3.05, 3.63) is 11.1 Å². The molecule has 0 aliphatic rings. The number of rotatable bonds is 2. The highest BCUT2D eigenvalue weighted by Gasteiger charge is 1.79. The number of halogens is 1. The zero-order valence-corrected chi connectivity index (χ0v) is 5.94. The van der Waals surface area contributed by atoms with Crippen molar-refractivity contribution in [3.63, 3.8) is 0 Å². The maximum atomic E-state index is 5.61. The molecule has 0 heterocycles. The quantitative estimate of drug-likeness (QED) is 0.510. The third kappa shape index (κ3) is 3.88. The second kappa shape index (κ2) is 4.85. The van der Waals surface area contributed by atoms with Crippen LogP contribution < -0.4 is 0 Å². The zero-order valence-electron chi connectivity index (χ0n) is 5.19. The van der Waals surface area contributed by atoms with Crippen molar-refractivity contribution in [2.75, 3.05) is 7.05 Å². The molecule has 0 saturated carbocycles. The third-order valence-corrected chi connectivity index (χ3v) is 1.14. The highest BCUT2D eigenvalue weighted by Crippen LogP contribution is 2.02. The van der Waals surface area contributed by atoms with Gasteiger partial charge in [0.15, 0.2) is 0 Å². The topological polar surface area (TPSA) is 12.4 Å². The molecule has 0 fully saturated rings. The molecule has 0 atom stereocenters. The largest absolute Gasteiger partial charge is 0.296 e. The van der Waals surface area contributed by atoms with E-state index in [0.29, 0.717) is 0 Å². The Kier molecular flexibility index (Phi) is 4.67.